The van der Waals surface area contributed by atoms with Crippen LogP contribution >= 0.6 is 0 Å². The van der Waals surface area contributed by atoms with E-state index in [1.54, 1.807) is 24.3 Å². The molecule has 0 spiro atoms. The average molecular weight is 375 g/mol. The second-order valence-electron chi connectivity index (χ2n) is 5.90. The van der Waals surface area contributed by atoms with E-state index in [9.17, 15) is 25.2 Å². The van der Waals surface area contributed by atoms with Crippen LogP contribution in [0.25, 0.3) is 0 Å². The number of rotatable bonds is 14. The third-order valence-corrected chi connectivity index (χ3v) is 3.45. The lowest BCUT2D eigenvalue weighted by Crippen LogP contribution is -2.28. The van der Waals surface area contributed by atoms with Crippen molar-refractivity contribution in [1.82, 2.24) is 0 Å². The van der Waals surface area contributed by atoms with Crippen molar-refractivity contribution in [3.05, 3.63) is 72.9 Å². The topological polar surface area (TPSA) is 101 Å². The van der Waals surface area contributed by atoms with Gasteiger partial charge < -0.3 is 25.2 Å². The molecule has 0 rings (SSSR count). The Morgan fingerprint density at radius 1 is 0.889 bits per heavy atom. The number of aliphatic hydroxyl groups is 3. The van der Waals surface area contributed by atoms with Gasteiger partial charge in [0.05, 0.1) is 18.3 Å². The summed E-state index contributed by atoms with van der Waals surface area (Å²) in [4.78, 5) is 10.3. The maximum atomic E-state index is 10.3. The predicted octanol–water partition coefficient (Wildman–Crippen LogP) is 2.13. The Kier molecular flexibility index (Phi) is 15.8. The molecule has 5 nitrogen and oxygen atoms in total. The number of carbonyl (C=O) groups is 1. The Hall–Kier alpha value is -2.21. The second-order valence-corrected chi connectivity index (χ2v) is 5.90. The molecule has 0 radical (unpaired) electrons. The molecule has 0 unspecified atom stereocenters. The number of carboxylic acids is 1. The van der Waals surface area contributed by atoms with Crippen molar-refractivity contribution >= 4 is 5.97 Å². The SMILES string of the molecule is CC/C=C\C[C@@H](O)/C=C/C=C\C\C=C/C=C/C=C/[C@@H](O)[C@@H](O)CCC(=O)[O-]. The maximum Gasteiger partial charge on any atom is 0.0983 e. The molecule has 0 amide bonds. The minimum absolute atomic E-state index is 0.0509. The summed E-state index contributed by atoms with van der Waals surface area (Å²) >= 11 is 0. The fourth-order valence-corrected chi connectivity index (χ4v) is 1.94. The van der Waals surface area contributed by atoms with Crippen LogP contribution in [0.1, 0.15) is 39.0 Å². The van der Waals surface area contributed by atoms with Crippen molar-refractivity contribution in [3.8, 4) is 0 Å². The molecular formula is C22H31O5-. The highest BCUT2D eigenvalue weighted by Crippen LogP contribution is 2.03. The molecule has 0 aliphatic rings. The highest BCUT2D eigenvalue weighted by Gasteiger charge is 2.12. The van der Waals surface area contributed by atoms with Crippen LogP contribution in [0.2, 0.25) is 0 Å². The van der Waals surface area contributed by atoms with Gasteiger partial charge in [0, 0.05) is 5.97 Å². The monoisotopic (exact) mass is 375 g/mol. The van der Waals surface area contributed by atoms with Crippen molar-refractivity contribution in [2.45, 2.75) is 57.3 Å². The maximum absolute atomic E-state index is 10.3. The normalized spacial score (nSPS) is 16.6. The molecule has 0 fully saturated rings. The third-order valence-electron chi connectivity index (χ3n) is 3.45. The minimum Gasteiger partial charge on any atom is -0.550 e. The zero-order chi connectivity index (χ0) is 20.3. The third kappa shape index (κ3) is 17.0. The summed E-state index contributed by atoms with van der Waals surface area (Å²) in [5.41, 5.74) is 0. The van der Waals surface area contributed by atoms with Gasteiger partial charge >= 0.3 is 0 Å². The molecule has 0 bridgehead atoms. The van der Waals surface area contributed by atoms with Gasteiger partial charge in [0.15, 0.2) is 0 Å². The van der Waals surface area contributed by atoms with E-state index in [2.05, 4.69) is 6.92 Å². The number of hydrogen-bond acceptors (Lipinski definition) is 5. The lowest BCUT2D eigenvalue weighted by atomic mass is 10.1. The van der Waals surface area contributed by atoms with Gasteiger partial charge in [-0.15, -0.1) is 0 Å². The van der Waals surface area contributed by atoms with Crippen LogP contribution in [0.15, 0.2) is 72.9 Å². The van der Waals surface area contributed by atoms with Crippen molar-refractivity contribution in [3.63, 3.8) is 0 Å². The first-order valence-corrected chi connectivity index (χ1v) is 9.19. The van der Waals surface area contributed by atoms with Crippen LogP contribution in [-0.4, -0.2) is 39.6 Å². The van der Waals surface area contributed by atoms with Gasteiger partial charge in [-0.25, -0.2) is 0 Å². The van der Waals surface area contributed by atoms with E-state index in [1.165, 1.54) is 6.08 Å². The molecule has 0 aromatic carbocycles. The molecular weight excluding hydrogens is 344 g/mol. The van der Waals surface area contributed by atoms with Crippen LogP contribution in [0.4, 0.5) is 0 Å². The van der Waals surface area contributed by atoms with Crippen molar-refractivity contribution in [1.29, 1.82) is 0 Å². The summed E-state index contributed by atoms with van der Waals surface area (Å²) in [6, 6.07) is 0. The molecule has 0 heterocycles. The summed E-state index contributed by atoms with van der Waals surface area (Å²) in [5, 5.41) is 39.1. The van der Waals surface area contributed by atoms with Gasteiger partial charge in [-0.2, -0.15) is 0 Å². The van der Waals surface area contributed by atoms with Crippen LogP contribution in [0.5, 0.6) is 0 Å². The Balaban J connectivity index is 3.98. The molecule has 0 aliphatic carbocycles. The minimum atomic E-state index is -1.25. The van der Waals surface area contributed by atoms with Crippen LogP contribution < -0.4 is 5.11 Å². The van der Waals surface area contributed by atoms with Crippen LogP contribution in [-0.2, 0) is 4.79 Å². The average Bonchev–Trinajstić information content (AvgIpc) is 2.64. The van der Waals surface area contributed by atoms with E-state index in [-0.39, 0.29) is 12.8 Å². The highest BCUT2D eigenvalue weighted by atomic mass is 16.4. The standard InChI is InChI=1S/C22H32O5/c1-2-3-11-14-19(23)15-12-9-7-5-4-6-8-10-13-16-20(24)21(25)17-18-22(26)27/h3-4,6-13,15-16,19-21,23-25H,2,5,14,17-18H2,1H3,(H,26,27)/p-1/b6-4-,9-7-,10-8+,11-3-,15-12+,16-13+/t19-,20-,21+/m1/s1. The number of carboxylic acid groups (broad SMARTS) is 1. The van der Waals surface area contributed by atoms with Gasteiger partial charge in [-0.1, -0.05) is 79.8 Å². The lowest BCUT2D eigenvalue weighted by molar-refractivity contribution is -0.306. The number of allylic oxidation sites excluding steroid dienone is 9. The summed E-state index contributed by atoms with van der Waals surface area (Å²) in [6.45, 7) is 2.05. The van der Waals surface area contributed by atoms with Gasteiger partial charge in [-0.05, 0) is 32.1 Å². The number of aliphatic hydroxyl groups excluding tert-OH is 3. The largest absolute Gasteiger partial charge is 0.550 e. The summed E-state index contributed by atoms with van der Waals surface area (Å²) < 4.78 is 0. The first-order valence-electron chi connectivity index (χ1n) is 9.19. The van der Waals surface area contributed by atoms with Crippen LogP contribution in [0, 0.1) is 0 Å². The van der Waals surface area contributed by atoms with Crippen molar-refractivity contribution < 1.29 is 25.2 Å². The molecule has 5 heteroatoms. The van der Waals surface area contributed by atoms with E-state index < -0.39 is 24.3 Å². The lowest BCUT2D eigenvalue weighted by Gasteiger charge is -2.14. The Bertz CT molecular complexity index is 555. The van der Waals surface area contributed by atoms with E-state index in [4.69, 9.17) is 0 Å². The number of aliphatic carboxylic acids is 1. The Labute approximate surface area is 162 Å². The fourth-order valence-electron chi connectivity index (χ4n) is 1.94. The fraction of sp³-hybridized carbons (Fsp3) is 0.409. The second kappa shape index (κ2) is 17.2. The zero-order valence-corrected chi connectivity index (χ0v) is 15.9. The number of carbonyl (C=O) groups excluding carboxylic acids is 1. The molecule has 0 aliphatic heterocycles. The Morgan fingerprint density at radius 2 is 1.52 bits per heavy atom. The number of hydrogen-bond donors (Lipinski definition) is 3. The van der Waals surface area contributed by atoms with Gasteiger partial charge in [0.25, 0.3) is 0 Å². The predicted molar refractivity (Wildman–Crippen MR) is 107 cm³/mol. The van der Waals surface area contributed by atoms with Gasteiger partial charge in [0.1, 0.15) is 0 Å². The van der Waals surface area contributed by atoms with Crippen molar-refractivity contribution in [2.24, 2.45) is 0 Å². The first kappa shape index (κ1) is 24.8. The van der Waals surface area contributed by atoms with E-state index >= 15 is 0 Å². The van der Waals surface area contributed by atoms with Crippen LogP contribution in [0.3, 0.4) is 0 Å². The van der Waals surface area contributed by atoms with Gasteiger partial charge in [-0.3, -0.25) is 0 Å². The molecule has 150 valence electrons. The zero-order valence-electron chi connectivity index (χ0n) is 15.9. The van der Waals surface area contributed by atoms with E-state index in [1.807, 2.05) is 42.5 Å². The molecule has 3 atom stereocenters. The van der Waals surface area contributed by atoms with Gasteiger partial charge in [0.2, 0.25) is 0 Å². The molecule has 27 heavy (non-hydrogen) atoms. The van der Waals surface area contributed by atoms with E-state index in [0.29, 0.717) is 6.42 Å². The van der Waals surface area contributed by atoms with E-state index in [0.717, 1.165) is 12.8 Å². The Morgan fingerprint density at radius 3 is 2.19 bits per heavy atom. The summed E-state index contributed by atoms with van der Waals surface area (Å²) in [7, 11) is 0. The molecule has 0 saturated carbocycles. The molecule has 0 aromatic rings. The summed E-state index contributed by atoms with van der Waals surface area (Å²) in [5.74, 6) is -1.25. The first-order chi connectivity index (χ1) is 13.0. The molecule has 3 N–H and O–H groups in total. The highest BCUT2D eigenvalue weighted by molar-refractivity contribution is 5.64. The summed E-state index contributed by atoms with van der Waals surface area (Å²) in [6.07, 6.45) is 21.0. The molecule has 0 aromatic heterocycles. The smallest absolute Gasteiger partial charge is 0.0983 e. The quantitative estimate of drug-likeness (QED) is 0.319. The van der Waals surface area contributed by atoms with Crippen molar-refractivity contribution in [2.75, 3.05) is 0 Å². The molecule has 0 saturated heterocycles.